The second kappa shape index (κ2) is 5.06. The molecule has 0 amide bonds. The van der Waals surface area contributed by atoms with Crippen LogP contribution in [0.15, 0.2) is 18.2 Å². The molecular weight excluding hydrogens is 292 g/mol. The van der Waals surface area contributed by atoms with Crippen molar-refractivity contribution in [2.24, 2.45) is 0 Å². The number of benzene rings is 1. The number of H-pyrrole nitrogens is 1. The number of ether oxygens (including phenoxy) is 2. The number of carbonyl (C=O) groups is 1. The largest absolute Gasteiger partial charge is 0.513 e. The Morgan fingerprint density at radius 3 is 2.90 bits per heavy atom. The van der Waals surface area contributed by atoms with E-state index >= 15 is 0 Å². The molecule has 0 aliphatic rings. The zero-order valence-corrected chi connectivity index (χ0v) is 12.2. The summed E-state index contributed by atoms with van der Waals surface area (Å²) in [5.74, 6) is 0.819. The lowest BCUT2D eigenvalue weighted by Gasteiger charge is -2.01. The number of carbonyl (C=O) groups excluding carboxylic acids is 1. The molecule has 0 bridgehead atoms. The fourth-order valence-electron chi connectivity index (χ4n) is 1.93. The Hall–Kier alpha value is -2.61. The number of fused-ring (bicyclic) bond motifs is 1. The normalized spacial score (nSPS) is 10.8. The van der Waals surface area contributed by atoms with Crippen LogP contribution in [0.3, 0.4) is 0 Å². The maximum Gasteiger partial charge on any atom is 0.513 e. The van der Waals surface area contributed by atoms with Gasteiger partial charge in [-0.2, -0.15) is 5.10 Å². The fraction of sp³-hybridized carbons (Fsp3) is 0.154. The van der Waals surface area contributed by atoms with Gasteiger partial charge < -0.3 is 15.2 Å². The van der Waals surface area contributed by atoms with E-state index in [0.717, 1.165) is 26.5 Å². The van der Waals surface area contributed by atoms with E-state index in [1.807, 2.05) is 6.92 Å². The standard InChI is InChI=1S/C13H12N4O3S/c1-6-10(11(14)17-16-6)12-15-8-4-3-7(5-9(8)21-12)20-13(18)19-2/h3-5H,1-2H3,(H3,14,16,17). The van der Waals surface area contributed by atoms with E-state index in [1.54, 1.807) is 18.2 Å². The summed E-state index contributed by atoms with van der Waals surface area (Å²) in [5.41, 5.74) is 8.30. The van der Waals surface area contributed by atoms with Crippen molar-refractivity contribution in [1.29, 1.82) is 0 Å². The summed E-state index contributed by atoms with van der Waals surface area (Å²) < 4.78 is 10.3. The summed E-state index contributed by atoms with van der Waals surface area (Å²) in [6, 6.07) is 5.17. The monoisotopic (exact) mass is 304 g/mol. The molecule has 108 valence electrons. The second-order valence-corrected chi connectivity index (χ2v) is 5.34. The van der Waals surface area contributed by atoms with Crippen LogP contribution >= 0.6 is 11.3 Å². The van der Waals surface area contributed by atoms with Gasteiger partial charge in [-0.15, -0.1) is 11.3 Å². The van der Waals surface area contributed by atoms with Gasteiger partial charge in [-0.3, -0.25) is 5.10 Å². The second-order valence-electron chi connectivity index (χ2n) is 4.31. The highest BCUT2D eigenvalue weighted by Gasteiger charge is 2.15. The quantitative estimate of drug-likeness (QED) is 0.557. The number of aromatic nitrogens is 3. The highest BCUT2D eigenvalue weighted by molar-refractivity contribution is 7.21. The van der Waals surface area contributed by atoms with Crippen LogP contribution in [0.2, 0.25) is 0 Å². The molecule has 7 nitrogen and oxygen atoms in total. The Labute approximate surface area is 123 Å². The van der Waals surface area contributed by atoms with Gasteiger partial charge in [0.1, 0.15) is 10.8 Å². The number of anilines is 1. The lowest BCUT2D eigenvalue weighted by Crippen LogP contribution is -2.06. The van der Waals surface area contributed by atoms with Crippen molar-refractivity contribution < 1.29 is 14.3 Å². The van der Waals surface area contributed by atoms with Crippen LogP contribution in [0.4, 0.5) is 10.6 Å². The highest BCUT2D eigenvalue weighted by Crippen LogP contribution is 2.35. The van der Waals surface area contributed by atoms with E-state index in [9.17, 15) is 4.79 Å². The van der Waals surface area contributed by atoms with Crippen molar-refractivity contribution >= 4 is 33.5 Å². The smallest absolute Gasteiger partial charge is 0.437 e. The van der Waals surface area contributed by atoms with Crippen molar-refractivity contribution in [3.8, 4) is 16.3 Å². The Morgan fingerprint density at radius 1 is 1.43 bits per heavy atom. The molecular formula is C13H12N4O3S. The summed E-state index contributed by atoms with van der Waals surface area (Å²) >= 11 is 1.45. The summed E-state index contributed by atoms with van der Waals surface area (Å²) in [7, 11) is 1.26. The Bertz CT molecular complexity index is 805. The van der Waals surface area contributed by atoms with Crippen molar-refractivity contribution in [1.82, 2.24) is 15.2 Å². The average molecular weight is 304 g/mol. The van der Waals surface area contributed by atoms with Crippen LogP contribution in [0, 0.1) is 6.92 Å². The topological polar surface area (TPSA) is 103 Å². The van der Waals surface area contributed by atoms with Gasteiger partial charge in [0.05, 0.1) is 22.9 Å². The molecule has 0 atom stereocenters. The predicted octanol–water partition coefficient (Wildman–Crippen LogP) is 2.72. The Balaban J connectivity index is 2.03. The molecule has 3 N–H and O–H groups in total. The third kappa shape index (κ3) is 2.40. The number of nitrogens with one attached hydrogen (secondary N) is 1. The highest BCUT2D eigenvalue weighted by atomic mass is 32.1. The number of nitrogens with zero attached hydrogens (tertiary/aromatic N) is 2. The van der Waals surface area contributed by atoms with Crippen LogP contribution in [0.1, 0.15) is 5.69 Å². The minimum absolute atomic E-state index is 0.404. The van der Waals surface area contributed by atoms with E-state index in [-0.39, 0.29) is 0 Å². The van der Waals surface area contributed by atoms with Gasteiger partial charge in [0.15, 0.2) is 5.82 Å². The Morgan fingerprint density at radius 2 is 2.24 bits per heavy atom. The predicted molar refractivity (Wildman–Crippen MR) is 79.4 cm³/mol. The van der Waals surface area contributed by atoms with E-state index in [2.05, 4.69) is 19.9 Å². The molecule has 0 fully saturated rings. The van der Waals surface area contributed by atoms with E-state index in [4.69, 9.17) is 10.5 Å². The van der Waals surface area contributed by atoms with Crippen LogP contribution in [0.25, 0.3) is 20.8 Å². The number of hydrogen-bond acceptors (Lipinski definition) is 7. The van der Waals surface area contributed by atoms with Crippen LogP contribution in [-0.2, 0) is 4.74 Å². The van der Waals surface area contributed by atoms with Crippen LogP contribution < -0.4 is 10.5 Å². The van der Waals surface area contributed by atoms with Gasteiger partial charge in [-0.1, -0.05) is 0 Å². The molecule has 0 radical (unpaired) electrons. The lowest BCUT2D eigenvalue weighted by molar-refractivity contribution is 0.121. The van der Waals surface area contributed by atoms with Crippen molar-refractivity contribution in [3.05, 3.63) is 23.9 Å². The molecule has 0 aliphatic heterocycles. The maximum atomic E-state index is 11.1. The van der Waals surface area contributed by atoms with Crippen molar-refractivity contribution in [2.75, 3.05) is 12.8 Å². The minimum atomic E-state index is -0.756. The zero-order valence-electron chi connectivity index (χ0n) is 11.3. The van der Waals surface area contributed by atoms with Gasteiger partial charge in [0.2, 0.25) is 0 Å². The molecule has 2 heterocycles. The van der Waals surface area contributed by atoms with Gasteiger partial charge in [-0.05, 0) is 19.1 Å². The number of nitrogens with two attached hydrogens (primary N) is 1. The van der Waals surface area contributed by atoms with Gasteiger partial charge in [0.25, 0.3) is 0 Å². The number of aryl methyl sites for hydroxylation is 1. The third-order valence-corrected chi connectivity index (χ3v) is 3.95. The molecule has 1 aromatic carbocycles. The molecule has 2 aromatic heterocycles. The van der Waals surface area contributed by atoms with Gasteiger partial charge in [-0.25, -0.2) is 9.78 Å². The number of nitrogen functional groups attached to an aromatic ring is 1. The summed E-state index contributed by atoms with van der Waals surface area (Å²) in [6.07, 6.45) is -0.756. The third-order valence-electron chi connectivity index (χ3n) is 2.92. The SMILES string of the molecule is COC(=O)Oc1ccc2nc(-c3c(N)n[nH]c3C)sc2c1. The first kappa shape index (κ1) is 13.4. The average Bonchev–Trinajstić information content (AvgIpc) is 3.01. The first-order valence-electron chi connectivity index (χ1n) is 6.05. The van der Waals surface area contributed by atoms with Crippen LogP contribution in [0.5, 0.6) is 5.75 Å². The molecule has 0 aliphatic carbocycles. The molecule has 3 aromatic rings. The molecule has 0 saturated carbocycles. The molecule has 0 unspecified atom stereocenters. The number of aromatic amines is 1. The fourth-order valence-corrected chi connectivity index (χ4v) is 3.04. The van der Waals surface area contributed by atoms with E-state index < -0.39 is 6.16 Å². The molecule has 0 saturated heterocycles. The summed E-state index contributed by atoms with van der Waals surface area (Å²) in [4.78, 5) is 15.6. The molecule has 3 rings (SSSR count). The van der Waals surface area contributed by atoms with Crippen molar-refractivity contribution in [3.63, 3.8) is 0 Å². The number of methoxy groups -OCH3 is 1. The van der Waals surface area contributed by atoms with E-state index in [1.165, 1.54) is 18.4 Å². The molecule has 8 heteroatoms. The first-order valence-corrected chi connectivity index (χ1v) is 6.87. The zero-order chi connectivity index (χ0) is 15.0. The summed E-state index contributed by atoms with van der Waals surface area (Å²) in [6.45, 7) is 1.89. The first-order chi connectivity index (χ1) is 10.1. The van der Waals surface area contributed by atoms with Crippen LogP contribution in [-0.4, -0.2) is 28.4 Å². The number of thiazole rings is 1. The molecule has 0 spiro atoms. The molecule has 21 heavy (non-hydrogen) atoms. The van der Waals surface area contributed by atoms with Gasteiger partial charge >= 0.3 is 6.16 Å². The Kier molecular flexibility index (Phi) is 3.22. The van der Waals surface area contributed by atoms with E-state index in [0.29, 0.717) is 11.6 Å². The number of rotatable bonds is 2. The minimum Gasteiger partial charge on any atom is -0.437 e. The lowest BCUT2D eigenvalue weighted by atomic mass is 10.2. The summed E-state index contributed by atoms with van der Waals surface area (Å²) in [5, 5.41) is 7.56. The number of hydrogen-bond donors (Lipinski definition) is 2. The maximum absolute atomic E-state index is 11.1. The van der Waals surface area contributed by atoms with Crippen molar-refractivity contribution in [2.45, 2.75) is 6.92 Å². The van der Waals surface area contributed by atoms with Gasteiger partial charge in [0, 0.05) is 11.8 Å².